The second kappa shape index (κ2) is 5.29. The minimum absolute atomic E-state index is 0.223. The van der Waals surface area contributed by atoms with Gasteiger partial charge in [-0.25, -0.2) is 4.79 Å². The molecule has 0 aliphatic heterocycles. The molecule has 0 aliphatic rings. The molecule has 3 N–H and O–H groups in total. The molecule has 0 spiro atoms. The molecule has 0 saturated carbocycles. The van der Waals surface area contributed by atoms with E-state index in [2.05, 4.69) is 25.7 Å². The van der Waals surface area contributed by atoms with Crippen LogP contribution < -0.4 is 10.6 Å². The van der Waals surface area contributed by atoms with Crippen molar-refractivity contribution in [1.82, 2.24) is 0 Å². The Bertz CT molecular complexity index is 436. The lowest BCUT2D eigenvalue weighted by atomic mass is 9.92. The summed E-state index contributed by atoms with van der Waals surface area (Å²) in [6.45, 7) is 7.47. The van der Waals surface area contributed by atoms with Crippen LogP contribution in [0, 0.1) is 5.41 Å². The summed E-state index contributed by atoms with van der Waals surface area (Å²) in [5.41, 5.74) is 7.77. The Morgan fingerprint density at radius 3 is 2.44 bits per heavy atom. The van der Waals surface area contributed by atoms with Crippen LogP contribution in [-0.2, 0) is 0 Å². The number of nitrogens with zero attached hydrogens (tertiary/aromatic N) is 1. The van der Waals surface area contributed by atoms with Crippen LogP contribution in [0.3, 0.4) is 0 Å². The van der Waals surface area contributed by atoms with E-state index in [4.69, 9.17) is 10.8 Å². The number of benzene rings is 1. The van der Waals surface area contributed by atoms with Crippen LogP contribution in [0.4, 0.5) is 11.4 Å². The molecule has 0 bridgehead atoms. The zero-order chi connectivity index (χ0) is 13.9. The van der Waals surface area contributed by atoms with Crippen molar-refractivity contribution < 1.29 is 9.90 Å². The fourth-order valence-electron chi connectivity index (χ4n) is 1.66. The van der Waals surface area contributed by atoms with Crippen LogP contribution in [0.25, 0.3) is 0 Å². The first-order chi connectivity index (χ1) is 8.20. The lowest BCUT2D eigenvalue weighted by Crippen LogP contribution is -2.24. The second-order valence-electron chi connectivity index (χ2n) is 5.81. The monoisotopic (exact) mass is 250 g/mol. The molecule has 0 saturated heterocycles. The number of aromatic carboxylic acids is 1. The van der Waals surface area contributed by atoms with Crippen LogP contribution in [-0.4, -0.2) is 24.7 Å². The van der Waals surface area contributed by atoms with Crippen molar-refractivity contribution in [2.45, 2.75) is 27.2 Å². The molecular formula is C14H22N2O2. The Morgan fingerprint density at radius 1 is 1.39 bits per heavy atom. The minimum atomic E-state index is -0.953. The maximum Gasteiger partial charge on any atom is 0.335 e. The average molecular weight is 250 g/mol. The van der Waals surface area contributed by atoms with E-state index < -0.39 is 5.97 Å². The molecule has 0 heterocycles. The zero-order valence-electron chi connectivity index (χ0n) is 11.5. The Balaban J connectivity index is 2.80. The van der Waals surface area contributed by atoms with Crippen LogP contribution in [0.1, 0.15) is 37.6 Å². The fourth-order valence-corrected chi connectivity index (χ4v) is 1.66. The molecule has 0 radical (unpaired) electrons. The average Bonchev–Trinajstić information content (AvgIpc) is 2.24. The number of hydrogen-bond acceptors (Lipinski definition) is 3. The van der Waals surface area contributed by atoms with E-state index in [1.165, 1.54) is 6.07 Å². The Hall–Kier alpha value is -1.71. The first-order valence-electron chi connectivity index (χ1n) is 6.05. The number of nitrogen functional groups attached to an aromatic ring is 1. The standard InChI is InChI=1S/C14H22N2O2/c1-14(2,3)7-8-16(4)12-6-5-10(13(17)18)9-11(12)15/h5-6,9H,7-8,15H2,1-4H3,(H,17,18). The molecule has 0 amide bonds. The van der Waals surface area contributed by atoms with Crippen LogP contribution in [0.15, 0.2) is 18.2 Å². The number of hydrogen-bond donors (Lipinski definition) is 2. The largest absolute Gasteiger partial charge is 0.478 e. The molecule has 0 fully saturated rings. The highest BCUT2D eigenvalue weighted by molar-refractivity contribution is 5.90. The maximum atomic E-state index is 10.8. The smallest absolute Gasteiger partial charge is 0.335 e. The molecular weight excluding hydrogens is 228 g/mol. The van der Waals surface area contributed by atoms with Crippen LogP contribution in [0.5, 0.6) is 0 Å². The third kappa shape index (κ3) is 3.95. The third-order valence-electron chi connectivity index (χ3n) is 2.88. The fraction of sp³-hybridized carbons (Fsp3) is 0.500. The minimum Gasteiger partial charge on any atom is -0.478 e. The molecule has 4 nitrogen and oxygen atoms in total. The summed E-state index contributed by atoms with van der Waals surface area (Å²) in [5, 5.41) is 8.88. The van der Waals surface area contributed by atoms with Crippen molar-refractivity contribution in [2.75, 3.05) is 24.2 Å². The molecule has 18 heavy (non-hydrogen) atoms. The Morgan fingerprint density at radius 2 is 2.00 bits per heavy atom. The van der Waals surface area contributed by atoms with Gasteiger partial charge >= 0.3 is 5.97 Å². The van der Waals surface area contributed by atoms with Gasteiger partial charge in [0.1, 0.15) is 0 Å². The molecule has 4 heteroatoms. The number of anilines is 2. The molecule has 1 aromatic rings. The van der Waals surface area contributed by atoms with Gasteiger partial charge < -0.3 is 15.7 Å². The number of carbonyl (C=O) groups is 1. The first-order valence-corrected chi connectivity index (χ1v) is 6.05. The maximum absolute atomic E-state index is 10.8. The lowest BCUT2D eigenvalue weighted by molar-refractivity contribution is 0.0697. The topological polar surface area (TPSA) is 66.6 Å². The predicted octanol–water partition coefficient (Wildman–Crippen LogP) is 2.84. The number of nitrogens with two attached hydrogens (primary N) is 1. The van der Waals surface area contributed by atoms with Gasteiger partial charge in [-0.3, -0.25) is 0 Å². The summed E-state index contributed by atoms with van der Waals surface area (Å²) in [6, 6.07) is 4.86. The van der Waals surface area contributed by atoms with Gasteiger partial charge in [0.15, 0.2) is 0 Å². The van der Waals surface area contributed by atoms with Gasteiger partial charge in [-0.1, -0.05) is 20.8 Å². The second-order valence-corrected chi connectivity index (χ2v) is 5.81. The molecule has 0 unspecified atom stereocenters. The van der Waals surface area contributed by atoms with Gasteiger partial charge in [0.25, 0.3) is 0 Å². The van der Waals surface area contributed by atoms with Crippen molar-refractivity contribution in [2.24, 2.45) is 5.41 Å². The highest BCUT2D eigenvalue weighted by Gasteiger charge is 2.14. The third-order valence-corrected chi connectivity index (χ3v) is 2.88. The van der Waals surface area contributed by atoms with E-state index in [0.717, 1.165) is 18.7 Å². The molecule has 1 rings (SSSR count). The van der Waals surface area contributed by atoms with Gasteiger partial charge in [-0.15, -0.1) is 0 Å². The van der Waals surface area contributed by atoms with E-state index in [9.17, 15) is 4.79 Å². The van der Waals surface area contributed by atoms with Crippen molar-refractivity contribution in [3.05, 3.63) is 23.8 Å². The van der Waals surface area contributed by atoms with Crippen molar-refractivity contribution in [1.29, 1.82) is 0 Å². The normalized spacial score (nSPS) is 11.3. The first kappa shape index (κ1) is 14.4. The van der Waals surface area contributed by atoms with E-state index in [1.54, 1.807) is 12.1 Å². The summed E-state index contributed by atoms with van der Waals surface area (Å²) in [4.78, 5) is 12.9. The van der Waals surface area contributed by atoms with Gasteiger partial charge in [0.2, 0.25) is 0 Å². The van der Waals surface area contributed by atoms with Gasteiger partial charge in [-0.2, -0.15) is 0 Å². The highest BCUT2D eigenvalue weighted by atomic mass is 16.4. The Kier molecular flexibility index (Phi) is 4.22. The van der Waals surface area contributed by atoms with E-state index in [0.29, 0.717) is 5.69 Å². The van der Waals surface area contributed by atoms with E-state index in [-0.39, 0.29) is 11.0 Å². The van der Waals surface area contributed by atoms with Crippen LogP contribution in [0.2, 0.25) is 0 Å². The van der Waals surface area contributed by atoms with Gasteiger partial charge in [0, 0.05) is 13.6 Å². The van der Waals surface area contributed by atoms with E-state index >= 15 is 0 Å². The van der Waals surface area contributed by atoms with E-state index in [1.807, 2.05) is 7.05 Å². The summed E-state index contributed by atoms with van der Waals surface area (Å²) < 4.78 is 0. The molecule has 1 aromatic carbocycles. The molecule has 100 valence electrons. The predicted molar refractivity (Wildman–Crippen MR) is 75.2 cm³/mol. The SMILES string of the molecule is CN(CCC(C)(C)C)c1ccc(C(=O)O)cc1N. The van der Waals surface area contributed by atoms with Crippen molar-refractivity contribution in [3.63, 3.8) is 0 Å². The number of carboxylic acids is 1. The van der Waals surface area contributed by atoms with Crippen LogP contribution >= 0.6 is 0 Å². The zero-order valence-corrected chi connectivity index (χ0v) is 11.5. The quantitative estimate of drug-likeness (QED) is 0.806. The Labute approximate surface area is 108 Å². The summed E-state index contributed by atoms with van der Waals surface area (Å²) >= 11 is 0. The van der Waals surface area contributed by atoms with Gasteiger partial charge in [0.05, 0.1) is 16.9 Å². The number of carboxylic acid groups (broad SMARTS) is 1. The van der Waals surface area contributed by atoms with Gasteiger partial charge in [-0.05, 0) is 30.0 Å². The summed E-state index contributed by atoms with van der Waals surface area (Å²) in [7, 11) is 1.97. The summed E-state index contributed by atoms with van der Waals surface area (Å²) in [6.07, 6.45) is 1.05. The molecule has 0 aromatic heterocycles. The molecule has 0 aliphatic carbocycles. The number of rotatable bonds is 4. The molecule has 0 atom stereocenters. The summed E-state index contributed by atoms with van der Waals surface area (Å²) in [5.74, 6) is -0.953. The lowest BCUT2D eigenvalue weighted by Gasteiger charge is -2.26. The highest BCUT2D eigenvalue weighted by Crippen LogP contribution is 2.26. The van der Waals surface area contributed by atoms with Crippen molar-refractivity contribution in [3.8, 4) is 0 Å². The van der Waals surface area contributed by atoms with Crippen molar-refractivity contribution >= 4 is 17.3 Å².